The topological polar surface area (TPSA) is 112 Å². The smallest absolute Gasteiger partial charge is 0.248 e. The summed E-state index contributed by atoms with van der Waals surface area (Å²) in [6.07, 6.45) is 0.0782. The van der Waals surface area contributed by atoms with Crippen LogP contribution in [-0.4, -0.2) is 64.0 Å². The molecule has 2 heterocycles. The van der Waals surface area contributed by atoms with Crippen molar-refractivity contribution in [3.05, 3.63) is 65.0 Å². The molecule has 33 heavy (non-hydrogen) atoms. The van der Waals surface area contributed by atoms with Crippen molar-refractivity contribution in [1.82, 2.24) is 14.6 Å². The highest BCUT2D eigenvalue weighted by Gasteiger charge is 2.23. The number of anilines is 1. The number of aromatic nitrogens is 1. The molecule has 0 atom stereocenters. The van der Waals surface area contributed by atoms with Crippen LogP contribution >= 0.6 is 0 Å². The van der Waals surface area contributed by atoms with E-state index in [0.29, 0.717) is 37.1 Å². The Labute approximate surface area is 192 Å². The second-order valence-electron chi connectivity index (χ2n) is 7.76. The first kappa shape index (κ1) is 22.8. The van der Waals surface area contributed by atoms with Crippen molar-refractivity contribution in [1.29, 1.82) is 0 Å². The lowest BCUT2D eigenvalue weighted by molar-refractivity contribution is -0.131. The normalized spacial score (nSPS) is 14.5. The van der Waals surface area contributed by atoms with E-state index in [4.69, 9.17) is 4.74 Å². The van der Waals surface area contributed by atoms with Gasteiger partial charge in [-0.2, -0.15) is 0 Å². The van der Waals surface area contributed by atoms with Crippen molar-refractivity contribution in [2.75, 3.05) is 44.7 Å². The summed E-state index contributed by atoms with van der Waals surface area (Å²) in [5, 5.41) is 0.612. The Bertz CT molecular complexity index is 1310. The predicted octanol–water partition coefficient (Wildman–Crippen LogP) is 1.55. The molecule has 1 saturated heterocycles. The van der Waals surface area contributed by atoms with Crippen LogP contribution in [0.15, 0.2) is 64.3 Å². The molecule has 0 spiro atoms. The summed E-state index contributed by atoms with van der Waals surface area (Å²) in [6.45, 7) is 2.49. The highest BCUT2D eigenvalue weighted by atomic mass is 32.2. The second kappa shape index (κ2) is 9.63. The largest absolute Gasteiger partial charge is 0.495 e. The second-order valence-corrected chi connectivity index (χ2v) is 9.53. The fourth-order valence-corrected chi connectivity index (χ4v) is 4.99. The van der Waals surface area contributed by atoms with Gasteiger partial charge in [0.25, 0.3) is 0 Å². The molecule has 2 aromatic carbocycles. The van der Waals surface area contributed by atoms with Crippen molar-refractivity contribution in [3.63, 3.8) is 0 Å². The van der Waals surface area contributed by atoms with Gasteiger partial charge < -0.3 is 19.5 Å². The Balaban J connectivity index is 1.30. The number of hydrogen-bond acceptors (Lipinski definition) is 6. The number of carbonyl (C=O) groups is 1. The number of nitrogens with one attached hydrogen (secondary N) is 2. The zero-order valence-electron chi connectivity index (χ0n) is 18.3. The molecule has 1 aliphatic heterocycles. The van der Waals surface area contributed by atoms with Gasteiger partial charge in [0.05, 0.1) is 17.7 Å². The van der Waals surface area contributed by atoms with Crippen LogP contribution in [0, 0.1) is 0 Å². The lowest BCUT2D eigenvalue weighted by atomic mass is 10.2. The first-order valence-corrected chi connectivity index (χ1v) is 12.1. The zero-order valence-corrected chi connectivity index (χ0v) is 19.1. The van der Waals surface area contributed by atoms with Crippen LogP contribution in [0.3, 0.4) is 0 Å². The van der Waals surface area contributed by atoms with E-state index in [1.54, 1.807) is 24.1 Å². The Morgan fingerprint density at radius 3 is 2.58 bits per heavy atom. The van der Waals surface area contributed by atoms with Crippen LogP contribution in [-0.2, 0) is 14.8 Å². The van der Waals surface area contributed by atoms with E-state index in [0.717, 1.165) is 11.4 Å². The van der Waals surface area contributed by atoms with Crippen LogP contribution in [0.5, 0.6) is 5.75 Å². The number of aromatic amines is 1. The van der Waals surface area contributed by atoms with Crippen molar-refractivity contribution in [2.24, 2.45) is 0 Å². The van der Waals surface area contributed by atoms with Gasteiger partial charge in [0, 0.05) is 50.7 Å². The third-order valence-corrected chi connectivity index (χ3v) is 7.15. The standard InChI is InChI=1S/C23H26N4O5S/c1-32-21-5-3-2-4-20(21)26-12-14-27(15-13-26)23(29)10-11-24-33(30,31)18-7-8-19-17(16-18)6-9-22(28)25-19/h2-9,16,24H,10-15H2,1H3,(H,25,28). The predicted molar refractivity (Wildman–Crippen MR) is 126 cm³/mol. The molecule has 2 N–H and O–H groups in total. The third kappa shape index (κ3) is 5.18. The number of ether oxygens (including phenoxy) is 1. The Morgan fingerprint density at radius 2 is 1.82 bits per heavy atom. The van der Waals surface area contributed by atoms with E-state index in [1.165, 1.54) is 18.2 Å². The molecule has 0 unspecified atom stereocenters. The van der Waals surface area contributed by atoms with Gasteiger partial charge in [-0.3, -0.25) is 9.59 Å². The number of piperazine rings is 1. The SMILES string of the molecule is COc1ccccc1N1CCN(C(=O)CCNS(=O)(=O)c2ccc3[nH]c(=O)ccc3c2)CC1. The molecule has 0 radical (unpaired) electrons. The number of pyridine rings is 1. The number of hydrogen-bond donors (Lipinski definition) is 2. The summed E-state index contributed by atoms with van der Waals surface area (Å²) in [4.78, 5) is 30.7. The van der Waals surface area contributed by atoms with Crippen LogP contribution in [0.2, 0.25) is 0 Å². The summed E-state index contributed by atoms with van der Waals surface area (Å²) in [5.41, 5.74) is 1.31. The molecule has 1 fully saturated rings. The van der Waals surface area contributed by atoms with Crippen LogP contribution in [0.25, 0.3) is 10.9 Å². The van der Waals surface area contributed by atoms with Crippen molar-refractivity contribution >= 4 is 32.5 Å². The zero-order chi connectivity index (χ0) is 23.4. The van der Waals surface area contributed by atoms with Gasteiger partial charge in [-0.15, -0.1) is 0 Å². The highest BCUT2D eigenvalue weighted by Crippen LogP contribution is 2.28. The highest BCUT2D eigenvalue weighted by molar-refractivity contribution is 7.89. The number of carbonyl (C=O) groups excluding carboxylic acids is 1. The quantitative estimate of drug-likeness (QED) is 0.542. The molecular formula is C23H26N4O5S. The Hall–Kier alpha value is -3.37. The maximum Gasteiger partial charge on any atom is 0.248 e. The average molecular weight is 471 g/mol. The van der Waals surface area contributed by atoms with Gasteiger partial charge in [0.2, 0.25) is 21.5 Å². The van der Waals surface area contributed by atoms with E-state index in [1.807, 2.05) is 24.3 Å². The van der Waals surface area contributed by atoms with Gasteiger partial charge in [0.1, 0.15) is 5.75 Å². The van der Waals surface area contributed by atoms with Gasteiger partial charge in [-0.25, -0.2) is 13.1 Å². The van der Waals surface area contributed by atoms with Gasteiger partial charge >= 0.3 is 0 Å². The minimum absolute atomic E-state index is 0.0115. The van der Waals surface area contributed by atoms with Crippen molar-refractivity contribution in [3.8, 4) is 5.75 Å². The minimum atomic E-state index is -3.78. The van der Waals surface area contributed by atoms with E-state index in [-0.39, 0.29) is 29.3 Å². The number of amides is 1. The molecule has 0 saturated carbocycles. The lowest BCUT2D eigenvalue weighted by Crippen LogP contribution is -2.49. The molecular weight excluding hydrogens is 444 g/mol. The molecule has 4 rings (SSSR count). The number of nitrogens with zero attached hydrogens (tertiary/aromatic N) is 2. The van der Waals surface area contributed by atoms with Crippen LogP contribution in [0.4, 0.5) is 5.69 Å². The van der Waals surface area contributed by atoms with Crippen LogP contribution < -0.4 is 19.9 Å². The first-order chi connectivity index (χ1) is 15.9. The molecule has 1 amide bonds. The fourth-order valence-electron chi connectivity index (χ4n) is 3.92. The molecule has 174 valence electrons. The van der Waals surface area contributed by atoms with Crippen LogP contribution in [0.1, 0.15) is 6.42 Å². The van der Waals surface area contributed by atoms with E-state index in [2.05, 4.69) is 14.6 Å². The Kier molecular flexibility index (Phi) is 6.66. The number of benzene rings is 2. The van der Waals surface area contributed by atoms with Gasteiger partial charge in [0.15, 0.2) is 0 Å². The maximum atomic E-state index is 12.6. The number of fused-ring (bicyclic) bond motifs is 1. The van der Waals surface area contributed by atoms with E-state index < -0.39 is 10.0 Å². The summed E-state index contributed by atoms with van der Waals surface area (Å²) in [6, 6.07) is 15.2. The summed E-state index contributed by atoms with van der Waals surface area (Å²) >= 11 is 0. The summed E-state index contributed by atoms with van der Waals surface area (Å²) < 4.78 is 33.2. The number of sulfonamides is 1. The third-order valence-electron chi connectivity index (χ3n) is 5.69. The average Bonchev–Trinajstić information content (AvgIpc) is 2.83. The number of H-pyrrole nitrogens is 1. The number of rotatable bonds is 7. The van der Waals surface area contributed by atoms with E-state index >= 15 is 0 Å². The number of para-hydroxylation sites is 2. The molecule has 0 aliphatic carbocycles. The van der Waals surface area contributed by atoms with Gasteiger partial charge in [-0.1, -0.05) is 12.1 Å². The molecule has 0 bridgehead atoms. The molecule has 10 heteroatoms. The molecule has 9 nitrogen and oxygen atoms in total. The summed E-state index contributed by atoms with van der Waals surface area (Å²) in [5.74, 6) is 0.709. The monoisotopic (exact) mass is 470 g/mol. The molecule has 3 aromatic rings. The number of methoxy groups -OCH3 is 1. The molecule has 1 aromatic heterocycles. The Morgan fingerprint density at radius 1 is 1.06 bits per heavy atom. The lowest BCUT2D eigenvalue weighted by Gasteiger charge is -2.36. The minimum Gasteiger partial charge on any atom is -0.495 e. The van der Waals surface area contributed by atoms with E-state index in [9.17, 15) is 18.0 Å². The first-order valence-electron chi connectivity index (χ1n) is 10.7. The van der Waals surface area contributed by atoms with Gasteiger partial charge in [-0.05, 0) is 41.8 Å². The van der Waals surface area contributed by atoms with Crippen molar-refractivity contribution in [2.45, 2.75) is 11.3 Å². The molecule has 1 aliphatic rings. The summed E-state index contributed by atoms with van der Waals surface area (Å²) in [7, 11) is -2.14. The maximum absolute atomic E-state index is 12.6. The fraction of sp³-hybridized carbons (Fsp3) is 0.304. The van der Waals surface area contributed by atoms with Crippen molar-refractivity contribution < 1.29 is 17.9 Å².